The van der Waals surface area contributed by atoms with Crippen LogP contribution in [0.15, 0.2) is 18.2 Å². The Morgan fingerprint density at radius 2 is 1.89 bits per heavy atom. The van der Waals surface area contributed by atoms with Crippen LogP contribution in [0, 0.1) is 11.7 Å². The van der Waals surface area contributed by atoms with Crippen LogP contribution < -0.4 is 10.6 Å². The van der Waals surface area contributed by atoms with Crippen LogP contribution in [0.3, 0.4) is 0 Å². The van der Waals surface area contributed by atoms with Crippen molar-refractivity contribution in [1.29, 1.82) is 0 Å². The average molecular weight is 251 g/mol. The van der Waals surface area contributed by atoms with Gasteiger partial charge in [0.15, 0.2) is 0 Å². The molecule has 1 aliphatic rings. The third-order valence-electron chi connectivity index (χ3n) is 3.31. The van der Waals surface area contributed by atoms with Gasteiger partial charge in [-0.1, -0.05) is 13.8 Å². The quantitative estimate of drug-likeness (QED) is 0.836. The molecular weight excluding hydrogens is 229 g/mol. The highest BCUT2D eigenvalue weighted by atomic mass is 19.1. The fourth-order valence-corrected chi connectivity index (χ4v) is 2.47. The first-order valence-electron chi connectivity index (χ1n) is 6.58. The van der Waals surface area contributed by atoms with E-state index in [2.05, 4.69) is 23.6 Å². The number of rotatable bonds is 3. The standard InChI is InChI=1S/C14H22FN3/c1-11(2)10-17-5-7-18(8-6-17)14-4-3-12(16)9-13(14)15/h3-4,9,11H,5-8,10,16H2,1-2H3. The summed E-state index contributed by atoms with van der Waals surface area (Å²) in [6.07, 6.45) is 0. The molecule has 1 aromatic carbocycles. The van der Waals surface area contributed by atoms with E-state index in [0.29, 0.717) is 17.3 Å². The molecule has 2 N–H and O–H groups in total. The van der Waals surface area contributed by atoms with Crippen molar-refractivity contribution < 1.29 is 4.39 Å². The van der Waals surface area contributed by atoms with Crippen molar-refractivity contribution in [3.63, 3.8) is 0 Å². The van der Waals surface area contributed by atoms with Gasteiger partial charge in [-0.15, -0.1) is 0 Å². The number of nitrogen functional groups attached to an aromatic ring is 1. The molecule has 0 bridgehead atoms. The minimum Gasteiger partial charge on any atom is -0.399 e. The summed E-state index contributed by atoms with van der Waals surface area (Å²) in [6, 6.07) is 4.94. The van der Waals surface area contributed by atoms with Gasteiger partial charge in [-0.25, -0.2) is 4.39 Å². The molecule has 0 spiro atoms. The molecule has 0 radical (unpaired) electrons. The lowest BCUT2D eigenvalue weighted by Gasteiger charge is -2.37. The van der Waals surface area contributed by atoms with E-state index in [1.54, 1.807) is 12.1 Å². The zero-order valence-electron chi connectivity index (χ0n) is 11.2. The minimum atomic E-state index is -0.215. The Hall–Kier alpha value is -1.29. The van der Waals surface area contributed by atoms with Gasteiger partial charge in [0.2, 0.25) is 0 Å². The van der Waals surface area contributed by atoms with E-state index in [1.165, 1.54) is 6.07 Å². The van der Waals surface area contributed by atoms with Crippen LogP contribution in [0.25, 0.3) is 0 Å². The van der Waals surface area contributed by atoms with E-state index in [4.69, 9.17) is 5.73 Å². The summed E-state index contributed by atoms with van der Waals surface area (Å²) in [5, 5.41) is 0. The predicted molar refractivity (Wildman–Crippen MR) is 74.3 cm³/mol. The smallest absolute Gasteiger partial charge is 0.148 e. The highest BCUT2D eigenvalue weighted by Crippen LogP contribution is 2.22. The molecule has 4 heteroatoms. The summed E-state index contributed by atoms with van der Waals surface area (Å²) < 4.78 is 13.8. The molecule has 1 fully saturated rings. The molecule has 1 aromatic rings. The average Bonchev–Trinajstić information content (AvgIpc) is 2.30. The van der Waals surface area contributed by atoms with Crippen molar-refractivity contribution >= 4 is 11.4 Å². The van der Waals surface area contributed by atoms with E-state index in [9.17, 15) is 4.39 Å². The zero-order chi connectivity index (χ0) is 13.1. The number of hydrogen-bond acceptors (Lipinski definition) is 3. The predicted octanol–water partition coefficient (Wildman–Crippen LogP) is 2.19. The number of piperazine rings is 1. The van der Waals surface area contributed by atoms with E-state index in [0.717, 1.165) is 32.7 Å². The van der Waals surface area contributed by atoms with Gasteiger partial charge in [0.25, 0.3) is 0 Å². The second-order valence-corrected chi connectivity index (χ2v) is 5.39. The summed E-state index contributed by atoms with van der Waals surface area (Å²) in [7, 11) is 0. The van der Waals surface area contributed by atoms with Gasteiger partial charge in [-0.05, 0) is 24.1 Å². The highest BCUT2D eigenvalue weighted by Gasteiger charge is 2.19. The van der Waals surface area contributed by atoms with Gasteiger partial charge in [-0.2, -0.15) is 0 Å². The number of benzene rings is 1. The lowest BCUT2D eigenvalue weighted by molar-refractivity contribution is 0.231. The van der Waals surface area contributed by atoms with Crippen molar-refractivity contribution in [1.82, 2.24) is 4.90 Å². The Labute approximate surface area is 108 Å². The molecule has 3 nitrogen and oxygen atoms in total. The monoisotopic (exact) mass is 251 g/mol. The Balaban J connectivity index is 1.97. The number of nitrogens with two attached hydrogens (primary N) is 1. The molecule has 0 atom stereocenters. The molecule has 0 aromatic heterocycles. The third-order valence-corrected chi connectivity index (χ3v) is 3.31. The van der Waals surface area contributed by atoms with Crippen LogP contribution in [0.4, 0.5) is 15.8 Å². The number of halogens is 1. The second kappa shape index (κ2) is 5.57. The van der Waals surface area contributed by atoms with Crippen molar-refractivity contribution in [3.8, 4) is 0 Å². The van der Waals surface area contributed by atoms with E-state index >= 15 is 0 Å². The fraction of sp³-hybridized carbons (Fsp3) is 0.571. The van der Waals surface area contributed by atoms with Crippen LogP contribution in [-0.4, -0.2) is 37.6 Å². The SMILES string of the molecule is CC(C)CN1CCN(c2ccc(N)cc2F)CC1. The van der Waals surface area contributed by atoms with Crippen molar-refractivity contribution in [2.45, 2.75) is 13.8 Å². The Kier molecular flexibility index (Phi) is 4.07. The van der Waals surface area contributed by atoms with Gasteiger partial charge in [0.1, 0.15) is 5.82 Å². The summed E-state index contributed by atoms with van der Waals surface area (Å²) in [5.41, 5.74) is 6.72. The summed E-state index contributed by atoms with van der Waals surface area (Å²) in [5.74, 6) is 0.470. The molecule has 1 saturated heterocycles. The number of nitrogens with zero attached hydrogens (tertiary/aromatic N) is 2. The molecule has 1 heterocycles. The Morgan fingerprint density at radius 3 is 2.44 bits per heavy atom. The van der Waals surface area contributed by atoms with Crippen molar-refractivity contribution in [3.05, 3.63) is 24.0 Å². The van der Waals surface area contributed by atoms with Crippen LogP contribution >= 0.6 is 0 Å². The van der Waals surface area contributed by atoms with E-state index < -0.39 is 0 Å². The first-order chi connectivity index (χ1) is 8.56. The molecule has 18 heavy (non-hydrogen) atoms. The maximum atomic E-state index is 13.8. The Morgan fingerprint density at radius 1 is 1.22 bits per heavy atom. The summed E-state index contributed by atoms with van der Waals surface area (Å²) in [4.78, 5) is 4.54. The largest absolute Gasteiger partial charge is 0.399 e. The maximum absolute atomic E-state index is 13.8. The number of hydrogen-bond donors (Lipinski definition) is 1. The van der Waals surface area contributed by atoms with Gasteiger partial charge >= 0.3 is 0 Å². The molecule has 1 aliphatic heterocycles. The summed E-state index contributed by atoms with van der Waals surface area (Å²) >= 11 is 0. The molecule has 0 saturated carbocycles. The summed E-state index contributed by atoms with van der Waals surface area (Å²) in [6.45, 7) is 9.35. The molecule has 2 rings (SSSR count). The minimum absolute atomic E-state index is 0.215. The van der Waals surface area contributed by atoms with Crippen LogP contribution in [0.1, 0.15) is 13.8 Å². The lowest BCUT2D eigenvalue weighted by Crippen LogP contribution is -2.47. The van der Waals surface area contributed by atoms with Crippen LogP contribution in [0.2, 0.25) is 0 Å². The molecule has 0 amide bonds. The zero-order valence-corrected chi connectivity index (χ0v) is 11.2. The van der Waals surface area contributed by atoms with Gasteiger partial charge in [0.05, 0.1) is 5.69 Å². The molecule has 0 aliphatic carbocycles. The van der Waals surface area contributed by atoms with E-state index in [1.807, 2.05) is 0 Å². The van der Waals surface area contributed by atoms with Crippen molar-refractivity contribution in [2.75, 3.05) is 43.4 Å². The molecule has 100 valence electrons. The molecular formula is C14H22FN3. The van der Waals surface area contributed by atoms with Gasteiger partial charge in [-0.3, -0.25) is 4.90 Å². The maximum Gasteiger partial charge on any atom is 0.148 e. The van der Waals surface area contributed by atoms with Gasteiger partial charge in [0, 0.05) is 38.4 Å². The lowest BCUT2D eigenvalue weighted by atomic mass is 10.1. The normalized spacial score (nSPS) is 17.4. The highest BCUT2D eigenvalue weighted by molar-refractivity contribution is 5.54. The van der Waals surface area contributed by atoms with Crippen LogP contribution in [-0.2, 0) is 0 Å². The van der Waals surface area contributed by atoms with Gasteiger partial charge < -0.3 is 10.6 Å². The number of anilines is 2. The second-order valence-electron chi connectivity index (χ2n) is 5.39. The fourth-order valence-electron chi connectivity index (χ4n) is 2.47. The Bertz CT molecular complexity index is 398. The topological polar surface area (TPSA) is 32.5 Å². The van der Waals surface area contributed by atoms with Crippen molar-refractivity contribution in [2.24, 2.45) is 5.92 Å². The third kappa shape index (κ3) is 3.13. The van der Waals surface area contributed by atoms with Crippen LogP contribution in [0.5, 0.6) is 0 Å². The first kappa shape index (κ1) is 13.1. The first-order valence-corrected chi connectivity index (χ1v) is 6.58. The van der Waals surface area contributed by atoms with E-state index in [-0.39, 0.29) is 5.82 Å². The molecule has 0 unspecified atom stereocenters.